The molecule has 23 heavy (non-hydrogen) atoms. The molecule has 2 aromatic heterocycles. The first-order valence-electron chi connectivity index (χ1n) is 6.11. The topological polar surface area (TPSA) is 42.0 Å². The molecular weight excluding hydrogens is 385 g/mol. The van der Waals surface area contributed by atoms with Gasteiger partial charge in [0, 0.05) is 17.0 Å². The fourth-order valence-electron chi connectivity index (χ4n) is 1.81. The summed E-state index contributed by atoms with van der Waals surface area (Å²) in [5.41, 5.74) is 0.948. The zero-order valence-corrected chi connectivity index (χ0v) is 14.2. The van der Waals surface area contributed by atoms with Crippen LogP contribution in [-0.2, 0) is 0 Å². The van der Waals surface area contributed by atoms with E-state index in [0.29, 0.717) is 26.0 Å². The number of anilines is 1. The second-order valence-electron chi connectivity index (χ2n) is 4.35. The molecule has 0 radical (unpaired) electrons. The maximum atomic E-state index is 13.6. The van der Waals surface area contributed by atoms with Gasteiger partial charge in [-0.05, 0) is 18.2 Å². The highest BCUT2D eigenvalue weighted by atomic mass is 35.5. The number of carbonyl (C=O) groups excluding carboxylic acids is 1. The van der Waals surface area contributed by atoms with E-state index in [1.165, 1.54) is 11.3 Å². The highest BCUT2D eigenvalue weighted by molar-refractivity contribution is 7.20. The average molecular weight is 391 g/mol. The summed E-state index contributed by atoms with van der Waals surface area (Å²) < 4.78 is 27.5. The first-order valence-corrected chi connectivity index (χ1v) is 8.56. The first kappa shape index (κ1) is 16.3. The summed E-state index contributed by atoms with van der Waals surface area (Å²) in [6.45, 7) is 0. The first-order chi connectivity index (χ1) is 10.9. The third-order valence-electron chi connectivity index (χ3n) is 2.83. The Morgan fingerprint density at radius 1 is 1.22 bits per heavy atom. The maximum absolute atomic E-state index is 13.6. The molecular formula is C14H6Cl2F2N2OS2. The Kier molecular flexibility index (Phi) is 4.63. The average Bonchev–Trinajstić information content (AvgIpc) is 3.05. The summed E-state index contributed by atoms with van der Waals surface area (Å²) in [5, 5.41) is 4.43. The molecule has 0 aliphatic rings. The number of nitrogens with one attached hydrogen (secondary N) is 1. The summed E-state index contributed by atoms with van der Waals surface area (Å²) in [5.74, 6) is -2.40. The van der Waals surface area contributed by atoms with Crippen LogP contribution >= 0.6 is 45.9 Å². The molecule has 2 heterocycles. The fourth-order valence-corrected chi connectivity index (χ4v) is 3.99. The standard InChI is InChI=1S/C14H6Cl2F2N2OS2/c15-11-4-8(12(16)23-11)10-5-22-14(19-10)20-13(21)7-2-1-6(17)3-9(7)18/h1-5H,(H,19,20,21). The smallest absolute Gasteiger partial charge is 0.260 e. The van der Waals surface area contributed by atoms with Gasteiger partial charge in [0.25, 0.3) is 5.91 Å². The molecule has 0 bridgehead atoms. The van der Waals surface area contributed by atoms with Gasteiger partial charge in [0.05, 0.1) is 15.6 Å². The minimum absolute atomic E-state index is 0.264. The molecule has 0 aliphatic heterocycles. The zero-order chi connectivity index (χ0) is 16.6. The molecule has 0 spiro atoms. The van der Waals surface area contributed by atoms with E-state index in [4.69, 9.17) is 23.2 Å². The number of carbonyl (C=O) groups is 1. The molecule has 0 saturated heterocycles. The van der Waals surface area contributed by atoms with E-state index >= 15 is 0 Å². The summed E-state index contributed by atoms with van der Waals surface area (Å²) in [4.78, 5) is 16.2. The number of thiophene rings is 1. The Morgan fingerprint density at radius 2 is 2.00 bits per heavy atom. The van der Waals surface area contributed by atoms with Crippen molar-refractivity contribution in [2.24, 2.45) is 0 Å². The van der Waals surface area contributed by atoms with Crippen molar-refractivity contribution < 1.29 is 13.6 Å². The SMILES string of the molecule is O=C(Nc1nc(-c2cc(Cl)sc2Cl)cs1)c1ccc(F)cc1F. The second-order valence-corrected chi connectivity index (χ2v) is 7.50. The third kappa shape index (κ3) is 3.53. The number of aromatic nitrogens is 1. The monoisotopic (exact) mass is 390 g/mol. The minimum Gasteiger partial charge on any atom is -0.298 e. The molecule has 1 amide bonds. The van der Waals surface area contributed by atoms with Crippen molar-refractivity contribution in [1.29, 1.82) is 0 Å². The van der Waals surface area contributed by atoms with Gasteiger partial charge in [-0.1, -0.05) is 23.2 Å². The molecule has 0 saturated carbocycles. The number of hydrogen-bond donors (Lipinski definition) is 1. The van der Waals surface area contributed by atoms with Crippen LogP contribution < -0.4 is 5.32 Å². The van der Waals surface area contributed by atoms with Gasteiger partial charge < -0.3 is 0 Å². The predicted molar refractivity (Wildman–Crippen MR) is 89.8 cm³/mol. The van der Waals surface area contributed by atoms with Crippen LogP contribution in [0, 0.1) is 11.6 Å². The van der Waals surface area contributed by atoms with Gasteiger partial charge >= 0.3 is 0 Å². The van der Waals surface area contributed by atoms with Gasteiger partial charge in [-0.15, -0.1) is 22.7 Å². The Bertz CT molecular complexity index is 895. The number of rotatable bonds is 3. The van der Waals surface area contributed by atoms with Crippen LogP contribution in [0.25, 0.3) is 11.3 Å². The van der Waals surface area contributed by atoms with Crippen molar-refractivity contribution in [1.82, 2.24) is 4.98 Å². The Morgan fingerprint density at radius 3 is 2.65 bits per heavy atom. The zero-order valence-electron chi connectivity index (χ0n) is 11.1. The highest BCUT2D eigenvalue weighted by Gasteiger charge is 2.16. The summed E-state index contributed by atoms with van der Waals surface area (Å²) in [6, 6.07) is 4.41. The molecule has 0 unspecified atom stereocenters. The van der Waals surface area contributed by atoms with Crippen molar-refractivity contribution in [2.75, 3.05) is 5.32 Å². The van der Waals surface area contributed by atoms with E-state index in [1.807, 2.05) is 0 Å². The fraction of sp³-hybridized carbons (Fsp3) is 0. The molecule has 0 aliphatic carbocycles. The molecule has 118 valence electrons. The molecule has 3 rings (SSSR count). The molecule has 0 atom stereocenters. The molecule has 9 heteroatoms. The molecule has 1 aromatic carbocycles. The van der Waals surface area contributed by atoms with Crippen LogP contribution in [0.2, 0.25) is 8.67 Å². The number of halogens is 4. The Balaban J connectivity index is 1.81. The summed E-state index contributed by atoms with van der Waals surface area (Å²) >= 11 is 14.3. The molecule has 0 fully saturated rings. The maximum Gasteiger partial charge on any atom is 0.260 e. The number of hydrogen-bond acceptors (Lipinski definition) is 4. The Labute approximate surface area is 147 Å². The van der Waals surface area contributed by atoms with Gasteiger partial charge in [0.2, 0.25) is 0 Å². The quantitative estimate of drug-likeness (QED) is 0.622. The van der Waals surface area contributed by atoms with Crippen molar-refractivity contribution in [3.05, 3.63) is 55.5 Å². The van der Waals surface area contributed by atoms with Crippen LogP contribution in [0.5, 0.6) is 0 Å². The van der Waals surface area contributed by atoms with Crippen LogP contribution in [0.15, 0.2) is 29.6 Å². The van der Waals surface area contributed by atoms with Crippen LogP contribution in [0.3, 0.4) is 0 Å². The number of nitrogens with zero attached hydrogens (tertiary/aromatic N) is 1. The number of amides is 1. The predicted octanol–water partition coefficient (Wildman–Crippen LogP) is 5.71. The lowest BCUT2D eigenvalue weighted by Gasteiger charge is -2.03. The van der Waals surface area contributed by atoms with Crippen LogP contribution in [0.1, 0.15) is 10.4 Å². The van der Waals surface area contributed by atoms with Crippen LogP contribution in [0.4, 0.5) is 13.9 Å². The lowest BCUT2D eigenvalue weighted by Crippen LogP contribution is -2.13. The van der Waals surface area contributed by atoms with E-state index in [9.17, 15) is 13.6 Å². The van der Waals surface area contributed by atoms with Crippen molar-refractivity contribution in [3.8, 4) is 11.3 Å². The number of benzene rings is 1. The molecule has 3 aromatic rings. The Hall–Kier alpha value is -1.54. The van der Waals surface area contributed by atoms with Crippen molar-refractivity contribution in [3.63, 3.8) is 0 Å². The third-order valence-corrected chi connectivity index (χ3v) is 5.08. The lowest BCUT2D eigenvalue weighted by atomic mass is 10.2. The second kappa shape index (κ2) is 6.52. The van der Waals surface area contributed by atoms with Crippen LogP contribution in [-0.4, -0.2) is 10.9 Å². The summed E-state index contributed by atoms with van der Waals surface area (Å²) in [7, 11) is 0. The normalized spacial score (nSPS) is 10.8. The van der Waals surface area contributed by atoms with Gasteiger partial charge in [-0.3, -0.25) is 10.1 Å². The summed E-state index contributed by atoms with van der Waals surface area (Å²) in [6.07, 6.45) is 0. The van der Waals surface area contributed by atoms with Gasteiger partial charge in [0.15, 0.2) is 5.13 Å². The van der Waals surface area contributed by atoms with Gasteiger partial charge in [-0.2, -0.15) is 0 Å². The lowest BCUT2D eigenvalue weighted by molar-refractivity contribution is 0.102. The van der Waals surface area contributed by atoms with E-state index in [2.05, 4.69) is 10.3 Å². The van der Waals surface area contributed by atoms with Gasteiger partial charge in [0.1, 0.15) is 16.0 Å². The largest absolute Gasteiger partial charge is 0.298 e. The van der Waals surface area contributed by atoms with Crippen molar-refractivity contribution >= 4 is 56.9 Å². The number of thiazole rings is 1. The minimum atomic E-state index is -0.938. The molecule has 1 N–H and O–H groups in total. The highest BCUT2D eigenvalue weighted by Crippen LogP contribution is 2.39. The van der Waals surface area contributed by atoms with E-state index in [0.717, 1.165) is 23.5 Å². The van der Waals surface area contributed by atoms with E-state index in [-0.39, 0.29) is 10.7 Å². The van der Waals surface area contributed by atoms with E-state index in [1.54, 1.807) is 11.4 Å². The molecule has 3 nitrogen and oxygen atoms in total. The van der Waals surface area contributed by atoms with Crippen molar-refractivity contribution in [2.45, 2.75) is 0 Å². The van der Waals surface area contributed by atoms with Gasteiger partial charge in [-0.25, -0.2) is 13.8 Å². The van der Waals surface area contributed by atoms with E-state index < -0.39 is 17.5 Å².